The van der Waals surface area contributed by atoms with E-state index in [2.05, 4.69) is 5.32 Å². The number of hydrogen-bond donors (Lipinski definition) is 1. The van der Waals surface area contributed by atoms with E-state index >= 15 is 0 Å². The molecule has 1 atom stereocenters. The van der Waals surface area contributed by atoms with Gasteiger partial charge in [0.05, 0.1) is 21.2 Å². The fraction of sp³-hybridized carbons (Fsp3) is 0.375. The molecular weight excluding hydrogens is 615 g/mol. The normalized spacial score (nSPS) is 14.7. The Labute approximate surface area is 261 Å². The van der Waals surface area contributed by atoms with Gasteiger partial charge < -0.3 is 10.2 Å². The standard InChI is InChI=1S/C32H35ClF3N3O4S/c1-21-11-14-27(15-12-21)44(42,43)39(26-13-16-29(33)28(18-26)32(34,35)36)20-30(40)38(19-24-8-6-7-22(2)17-24)23(3)31(41)37-25-9-4-5-10-25/h6-8,11-18,23,25H,4-5,9-10,19-20H2,1-3H3,(H,37,41)/t23-/m1/s1. The van der Waals surface area contributed by atoms with E-state index in [4.69, 9.17) is 11.6 Å². The number of amides is 2. The summed E-state index contributed by atoms with van der Waals surface area (Å²) in [6, 6.07) is 14.7. The van der Waals surface area contributed by atoms with E-state index in [-0.39, 0.29) is 17.5 Å². The maximum Gasteiger partial charge on any atom is 0.417 e. The van der Waals surface area contributed by atoms with Crippen LogP contribution in [0, 0.1) is 13.8 Å². The van der Waals surface area contributed by atoms with Crippen molar-refractivity contribution in [3.63, 3.8) is 0 Å². The lowest BCUT2D eigenvalue weighted by atomic mass is 10.1. The molecule has 7 nitrogen and oxygen atoms in total. The number of benzene rings is 3. The van der Waals surface area contributed by atoms with Crippen LogP contribution in [0.5, 0.6) is 0 Å². The molecule has 0 radical (unpaired) electrons. The first kappa shape index (κ1) is 33.3. The summed E-state index contributed by atoms with van der Waals surface area (Å²) in [6.07, 6.45) is -1.26. The van der Waals surface area contributed by atoms with E-state index in [0.29, 0.717) is 15.9 Å². The zero-order valence-corrected chi connectivity index (χ0v) is 26.3. The van der Waals surface area contributed by atoms with Crippen LogP contribution >= 0.6 is 11.6 Å². The lowest BCUT2D eigenvalue weighted by molar-refractivity contribution is -0.139. The van der Waals surface area contributed by atoms with Crippen LogP contribution in [-0.2, 0) is 32.3 Å². The number of anilines is 1. The summed E-state index contributed by atoms with van der Waals surface area (Å²) in [6.45, 7) is 4.31. The average molecular weight is 650 g/mol. The van der Waals surface area contributed by atoms with Gasteiger partial charge >= 0.3 is 6.18 Å². The van der Waals surface area contributed by atoms with Crippen LogP contribution in [0.3, 0.4) is 0 Å². The Morgan fingerprint density at radius 2 is 1.64 bits per heavy atom. The van der Waals surface area contributed by atoms with E-state index in [1.165, 1.54) is 17.0 Å². The van der Waals surface area contributed by atoms with Crippen molar-refractivity contribution in [3.8, 4) is 0 Å². The summed E-state index contributed by atoms with van der Waals surface area (Å²) in [7, 11) is -4.54. The highest BCUT2D eigenvalue weighted by atomic mass is 35.5. The molecule has 4 rings (SSSR count). The number of carbonyl (C=O) groups is 2. The largest absolute Gasteiger partial charge is 0.417 e. The van der Waals surface area contributed by atoms with Gasteiger partial charge in [0.1, 0.15) is 12.6 Å². The van der Waals surface area contributed by atoms with Crippen LogP contribution in [0.25, 0.3) is 0 Å². The fourth-order valence-electron chi connectivity index (χ4n) is 5.23. The minimum atomic E-state index is -4.87. The van der Waals surface area contributed by atoms with Crippen molar-refractivity contribution >= 4 is 39.1 Å². The first-order chi connectivity index (χ1) is 20.7. The summed E-state index contributed by atoms with van der Waals surface area (Å²) in [5.41, 5.74) is 0.757. The molecule has 3 aromatic rings. The molecule has 3 aromatic carbocycles. The van der Waals surface area contributed by atoms with Crippen LogP contribution in [0.1, 0.15) is 54.9 Å². The molecule has 12 heteroatoms. The smallest absolute Gasteiger partial charge is 0.352 e. The third-order valence-electron chi connectivity index (χ3n) is 7.74. The summed E-state index contributed by atoms with van der Waals surface area (Å²) in [5.74, 6) is -1.16. The highest BCUT2D eigenvalue weighted by Gasteiger charge is 2.37. The highest BCUT2D eigenvalue weighted by Crippen LogP contribution is 2.38. The molecule has 0 spiro atoms. The number of nitrogens with one attached hydrogen (secondary N) is 1. The van der Waals surface area contributed by atoms with Crippen molar-refractivity contribution in [2.45, 2.75) is 76.2 Å². The summed E-state index contributed by atoms with van der Waals surface area (Å²) >= 11 is 5.83. The third kappa shape index (κ3) is 7.92. The molecule has 2 amide bonds. The van der Waals surface area contributed by atoms with E-state index < -0.39 is 56.9 Å². The summed E-state index contributed by atoms with van der Waals surface area (Å²) in [5, 5.41) is 2.37. The zero-order chi connectivity index (χ0) is 32.2. The molecular formula is C32H35ClF3N3O4S. The second kappa shape index (κ2) is 13.6. The van der Waals surface area contributed by atoms with Gasteiger partial charge in [-0.15, -0.1) is 0 Å². The molecule has 0 heterocycles. The molecule has 1 aliphatic carbocycles. The first-order valence-corrected chi connectivity index (χ1v) is 16.1. The van der Waals surface area contributed by atoms with Gasteiger partial charge in [0.15, 0.2) is 0 Å². The molecule has 0 bridgehead atoms. The molecule has 0 saturated heterocycles. The lowest BCUT2D eigenvalue weighted by Crippen LogP contribution is -2.52. The molecule has 1 fully saturated rings. The van der Waals surface area contributed by atoms with Gasteiger partial charge in [-0.1, -0.05) is 72.0 Å². The quantitative estimate of drug-likeness (QED) is 0.267. The Hall–Kier alpha value is -3.57. The second-order valence-electron chi connectivity index (χ2n) is 11.2. The predicted octanol–water partition coefficient (Wildman–Crippen LogP) is 6.65. The van der Waals surface area contributed by atoms with Crippen LogP contribution in [0.4, 0.5) is 18.9 Å². The van der Waals surface area contributed by atoms with Gasteiger partial charge in [-0.2, -0.15) is 13.2 Å². The third-order valence-corrected chi connectivity index (χ3v) is 9.85. The maximum absolute atomic E-state index is 14.1. The number of hydrogen-bond acceptors (Lipinski definition) is 4. The van der Waals surface area contributed by atoms with E-state index in [1.54, 1.807) is 38.1 Å². The summed E-state index contributed by atoms with van der Waals surface area (Å²) < 4.78 is 70.0. The van der Waals surface area contributed by atoms with Gasteiger partial charge in [-0.3, -0.25) is 13.9 Å². The first-order valence-electron chi connectivity index (χ1n) is 14.3. The van der Waals surface area contributed by atoms with Crippen molar-refractivity contribution in [2.75, 3.05) is 10.8 Å². The number of rotatable bonds is 10. The Kier molecular flexibility index (Phi) is 10.3. The minimum absolute atomic E-state index is 0.0193. The molecule has 236 valence electrons. The molecule has 1 aliphatic rings. The predicted molar refractivity (Wildman–Crippen MR) is 164 cm³/mol. The second-order valence-corrected chi connectivity index (χ2v) is 13.4. The van der Waals surface area contributed by atoms with Crippen LogP contribution in [0.2, 0.25) is 5.02 Å². The van der Waals surface area contributed by atoms with Gasteiger partial charge in [0.2, 0.25) is 11.8 Å². The number of aryl methyl sites for hydroxylation is 2. The van der Waals surface area contributed by atoms with Gasteiger partial charge in [-0.05, 0) is 69.5 Å². The van der Waals surface area contributed by atoms with Crippen LogP contribution < -0.4 is 9.62 Å². The average Bonchev–Trinajstić information content (AvgIpc) is 3.47. The Bertz CT molecular complexity index is 1610. The van der Waals surface area contributed by atoms with Crippen LogP contribution in [0.15, 0.2) is 71.6 Å². The summed E-state index contributed by atoms with van der Waals surface area (Å²) in [4.78, 5) is 28.4. The van der Waals surface area contributed by atoms with Crippen molar-refractivity contribution in [1.29, 1.82) is 0 Å². The van der Waals surface area contributed by atoms with Crippen molar-refractivity contribution in [1.82, 2.24) is 10.2 Å². The number of sulfonamides is 1. The van der Waals surface area contributed by atoms with E-state index in [1.807, 2.05) is 19.1 Å². The molecule has 0 aromatic heterocycles. The van der Waals surface area contributed by atoms with E-state index in [9.17, 15) is 31.2 Å². The number of nitrogens with zero attached hydrogens (tertiary/aromatic N) is 2. The van der Waals surface area contributed by atoms with E-state index in [0.717, 1.165) is 48.9 Å². The van der Waals surface area contributed by atoms with Gasteiger partial charge in [-0.25, -0.2) is 8.42 Å². The molecule has 1 saturated carbocycles. The number of carbonyl (C=O) groups excluding carboxylic acids is 2. The van der Waals surface area contributed by atoms with Crippen LogP contribution in [-0.4, -0.2) is 43.8 Å². The Morgan fingerprint density at radius 1 is 0.977 bits per heavy atom. The maximum atomic E-state index is 14.1. The zero-order valence-electron chi connectivity index (χ0n) is 24.7. The highest BCUT2D eigenvalue weighted by molar-refractivity contribution is 7.92. The number of halogens is 4. The topological polar surface area (TPSA) is 86.8 Å². The number of alkyl halides is 3. The molecule has 0 aliphatic heterocycles. The van der Waals surface area contributed by atoms with Crippen molar-refractivity contribution < 1.29 is 31.2 Å². The van der Waals surface area contributed by atoms with Crippen molar-refractivity contribution in [3.05, 3.63) is 94.0 Å². The fourth-order valence-corrected chi connectivity index (χ4v) is 6.86. The molecule has 0 unspecified atom stereocenters. The SMILES string of the molecule is Cc1ccc(S(=O)(=O)N(CC(=O)N(Cc2cccc(C)c2)[C@H](C)C(=O)NC2CCCC2)c2ccc(Cl)c(C(F)(F)F)c2)cc1. The van der Waals surface area contributed by atoms with Crippen molar-refractivity contribution in [2.24, 2.45) is 0 Å². The van der Waals surface area contributed by atoms with Gasteiger partial charge in [0.25, 0.3) is 10.0 Å². The monoisotopic (exact) mass is 649 g/mol. The van der Waals surface area contributed by atoms with Gasteiger partial charge in [0, 0.05) is 12.6 Å². The molecule has 1 N–H and O–H groups in total. The lowest BCUT2D eigenvalue weighted by Gasteiger charge is -2.32. The Balaban J connectivity index is 1.76. The Morgan fingerprint density at radius 3 is 2.25 bits per heavy atom. The minimum Gasteiger partial charge on any atom is -0.352 e. The molecule has 44 heavy (non-hydrogen) atoms.